The molecule has 1 rings (SSSR count). The third-order valence-corrected chi connectivity index (χ3v) is 3.30. The zero-order valence-corrected chi connectivity index (χ0v) is 13.0. The van der Waals surface area contributed by atoms with Gasteiger partial charge in [-0.3, -0.25) is 11.3 Å². The van der Waals surface area contributed by atoms with Crippen molar-refractivity contribution in [2.45, 2.75) is 32.9 Å². The van der Waals surface area contributed by atoms with Crippen molar-refractivity contribution < 1.29 is 14.2 Å². The first-order valence-corrected chi connectivity index (χ1v) is 6.88. The molecule has 20 heavy (non-hydrogen) atoms. The van der Waals surface area contributed by atoms with Gasteiger partial charge in [-0.2, -0.15) is 0 Å². The average molecular weight is 282 g/mol. The number of hydrogen-bond donors (Lipinski definition) is 2. The number of benzene rings is 1. The molecule has 0 bridgehead atoms. The number of hydrogen-bond acceptors (Lipinski definition) is 5. The van der Waals surface area contributed by atoms with E-state index in [1.165, 1.54) is 0 Å². The molecule has 0 saturated carbocycles. The summed E-state index contributed by atoms with van der Waals surface area (Å²) < 4.78 is 16.5. The second-order valence-electron chi connectivity index (χ2n) is 4.92. The van der Waals surface area contributed by atoms with Crippen molar-refractivity contribution in [3.8, 4) is 11.5 Å². The molecule has 0 fully saturated rings. The Bertz CT molecular complexity index is 410. The molecule has 0 heterocycles. The molecule has 0 saturated heterocycles. The van der Waals surface area contributed by atoms with Gasteiger partial charge in [0.25, 0.3) is 0 Å². The van der Waals surface area contributed by atoms with Crippen molar-refractivity contribution in [2.24, 2.45) is 11.8 Å². The fourth-order valence-corrected chi connectivity index (χ4v) is 2.30. The topological polar surface area (TPSA) is 65.7 Å². The molecule has 114 valence electrons. The standard InChI is InChI=1S/C15H26N2O3/c1-6-20-15(10(2)3)14(17-16)12-8-7-11(18-4)9-13(12)19-5/h7-10,14-15,17H,6,16H2,1-5H3. The van der Waals surface area contributed by atoms with Crippen LogP contribution in [0.5, 0.6) is 11.5 Å². The molecule has 0 radical (unpaired) electrons. The zero-order chi connectivity index (χ0) is 15.1. The van der Waals surface area contributed by atoms with Crippen LogP contribution in [0.1, 0.15) is 32.4 Å². The fourth-order valence-electron chi connectivity index (χ4n) is 2.30. The van der Waals surface area contributed by atoms with Crippen molar-refractivity contribution in [1.29, 1.82) is 0 Å². The van der Waals surface area contributed by atoms with E-state index in [9.17, 15) is 0 Å². The van der Waals surface area contributed by atoms with E-state index >= 15 is 0 Å². The van der Waals surface area contributed by atoms with Gasteiger partial charge in [0.05, 0.1) is 26.4 Å². The molecule has 0 aliphatic rings. The molecule has 1 aromatic rings. The lowest BCUT2D eigenvalue weighted by Crippen LogP contribution is -2.41. The van der Waals surface area contributed by atoms with E-state index in [2.05, 4.69) is 19.3 Å². The molecule has 5 heteroatoms. The Kier molecular flexibility index (Phi) is 6.78. The highest BCUT2D eigenvalue weighted by molar-refractivity contribution is 5.43. The summed E-state index contributed by atoms with van der Waals surface area (Å²) in [6.07, 6.45) is -0.0349. The van der Waals surface area contributed by atoms with Crippen molar-refractivity contribution in [3.05, 3.63) is 23.8 Å². The average Bonchev–Trinajstić information content (AvgIpc) is 2.46. The Hall–Kier alpha value is -1.30. The van der Waals surface area contributed by atoms with Gasteiger partial charge in [0.1, 0.15) is 11.5 Å². The highest BCUT2D eigenvalue weighted by atomic mass is 16.5. The van der Waals surface area contributed by atoms with Gasteiger partial charge < -0.3 is 14.2 Å². The van der Waals surface area contributed by atoms with E-state index in [4.69, 9.17) is 20.1 Å². The van der Waals surface area contributed by atoms with E-state index in [0.717, 1.165) is 17.1 Å². The normalized spacial score (nSPS) is 14.2. The number of methoxy groups -OCH3 is 2. The molecule has 0 aromatic heterocycles. The Balaban J connectivity index is 3.15. The third kappa shape index (κ3) is 3.85. The van der Waals surface area contributed by atoms with Crippen LogP contribution < -0.4 is 20.7 Å². The molecular formula is C15H26N2O3. The van der Waals surface area contributed by atoms with Gasteiger partial charge in [-0.1, -0.05) is 13.8 Å². The molecule has 0 spiro atoms. The Morgan fingerprint density at radius 2 is 1.90 bits per heavy atom. The smallest absolute Gasteiger partial charge is 0.127 e. The molecule has 1 aromatic carbocycles. The first kappa shape index (κ1) is 16.8. The van der Waals surface area contributed by atoms with Gasteiger partial charge >= 0.3 is 0 Å². The summed E-state index contributed by atoms with van der Waals surface area (Å²) in [5.74, 6) is 7.56. The number of hydrazine groups is 1. The highest BCUT2D eigenvalue weighted by Crippen LogP contribution is 2.33. The summed E-state index contributed by atoms with van der Waals surface area (Å²) in [5, 5.41) is 0. The summed E-state index contributed by atoms with van der Waals surface area (Å²) in [6, 6.07) is 5.56. The Labute approximate surface area is 121 Å². The lowest BCUT2D eigenvalue weighted by Gasteiger charge is -2.30. The predicted molar refractivity (Wildman–Crippen MR) is 79.9 cm³/mol. The highest BCUT2D eigenvalue weighted by Gasteiger charge is 2.28. The molecular weight excluding hydrogens is 256 g/mol. The summed E-state index contributed by atoms with van der Waals surface area (Å²) in [6.45, 7) is 6.84. The van der Waals surface area contributed by atoms with Gasteiger partial charge in [-0.15, -0.1) is 0 Å². The summed E-state index contributed by atoms with van der Waals surface area (Å²) in [5.41, 5.74) is 3.81. The molecule has 5 nitrogen and oxygen atoms in total. The van der Waals surface area contributed by atoms with Crippen LogP contribution >= 0.6 is 0 Å². The van der Waals surface area contributed by atoms with Gasteiger partial charge in [-0.05, 0) is 25.0 Å². The summed E-state index contributed by atoms with van der Waals surface area (Å²) in [7, 11) is 3.27. The summed E-state index contributed by atoms with van der Waals surface area (Å²) in [4.78, 5) is 0. The largest absolute Gasteiger partial charge is 0.497 e. The first-order valence-electron chi connectivity index (χ1n) is 6.88. The Morgan fingerprint density at radius 1 is 1.20 bits per heavy atom. The SMILES string of the molecule is CCOC(C(C)C)C(NN)c1ccc(OC)cc1OC. The number of nitrogens with one attached hydrogen (secondary N) is 1. The van der Waals surface area contributed by atoms with Crippen molar-refractivity contribution in [2.75, 3.05) is 20.8 Å². The monoisotopic (exact) mass is 282 g/mol. The second-order valence-corrected chi connectivity index (χ2v) is 4.92. The van der Waals surface area contributed by atoms with E-state index in [1.807, 2.05) is 25.1 Å². The third-order valence-electron chi connectivity index (χ3n) is 3.30. The molecule has 3 N–H and O–H groups in total. The minimum absolute atomic E-state index is 0.0349. The second kappa shape index (κ2) is 8.09. The van der Waals surface area contributed by atoms with E-state index in [0.29, 0.717) is 12.5 Å². The lowest BCUT2D eigenvalue weighted by molar-refractivity contribution is 0.00224. The van der Waals surface area contributed by atoms with Gasteiger partial charge in [-0.25, -0.2) is 0 Å². The Morgan fingerprint density at radius 3 is 2.35 bits per heavy atom. The van der Waals surface area contributed by atoms with E-state index in [1.54, 1.807) is 14.2 Å². The molecule has 0 aliphatic heterocycles. The van der Waals surface area contributed by atoms with Crippen LogP contribution in [0, 0.1) is 5.92 Å². The molecule has 2 unspecified atom stereocenters. The van der Waals surface area contributed by atoms with Crippen LogP contribution in [0.25, 0.3) is 0 Å². The van der Waals surface area contributed by atoms with Crippen molar-refractivity contribution in [1.82, 2.24) is 5.43 Å². The van der Waals surface area contributed by atoms with Crippen LogP contribution in [-0.2, 0) is 4.74 Å². The van der Waals surface area contributed by atoms with Crippen LogP contribution in [-0.4, -0.2) is 26.9 Å². The van der Waals surface area contributed by atoms with E-state index < -0.39 is 0 Å². The van der Waals surface area contributed by atoms with Gasteiger partial charge in [0.2, 0.25) is 0 Å². The maximum atomic E-state index is 5.84. The number of nitrogens with two attached hydrogens (primary N) is 1. The van der Waals surface area contributed by atoms with Crippen LogP contribution in [0.3, 0.4) is 0 Å². The molecule has 0 amide bonds. The first-order chi connectivity index (χ1) is 9.58. The summed E-state index contributed by atoms with van der Waals surface area (Å²) >= 11 is 0. The minimum Gasteiger partial charge on any atom is -0.497 e. The van der Waals surface area contributed by atoms with Crippen LogP contribution in [0.4, 0.5) is 0 Å². The van der Waals surface area contributed by atoms with Gasteiger partial charge in [0, 0.05) is 18.2 Å². The maximum Gasteiger partial charge on any atom is 0.127 e. The van der Waals surface area contributed by atoms with E-state index in [-0.39, 0.29) is 12.1 Å². The predicted octanol–water partition coefficient (Wildman–Crippen LogP) is 2.27. The number of ether oxygens (including phenoxy) is 3. The number of rotatable bonds is 8. The van der Waals surface area contributed by atoms with Crippen LogP contribution in [0.15, 0.2) is 18.2 Å². The molecule has 2 atom stereocenters. The van der Waals surface area contributed by atoms with Crippen molar-refractivity contribution >= 4 is 0 Å². The lowest BCUT2D eigenvalue weighted by atomic mass is 9.93. The molecule has 0 aliphatic carbocycles. The minimum atomic E-state index is -0.143. The maximum absolute atomic E-state index is 5.84. The fraction of sp³-hybridized carbons (Fsp3) is 0.600. The quantitative estimate of drug-likeness (QED) is 0.565. The zero-order valence-electron chi connectivity index (χ0n) is 13.0. The van der Waals surface area contributed by atoms with Crippen LogP contribution in [0.2, 0.25) is 0 Å². The van der Waals surface area contributed by atoms with Gasteiger partial charge in [0.15, 0.2) is 0 Å². The van der Waals surface area contributed by atoms with Crippen molar-refractivity contribution in [3.63, 3.8) is 0 Å².